The molecule has 132 valence electrons. The maximum atomic E-state index is 12.3. The van der Waals surface area contributed by atoms with Crippen molar-refractivity contribution in [2.45, 2.75) is 25.9 Å². The molecule has 0 bridgehead atoms. The van der Waals surface area contributed by atoms with E-state index in [4.69, 9.17) is 9.47 Å². The second kappa shape index (κ2) is 7.90. The molecule has 0 spiro atoms. The Morgan fingerprint density at radius 1 is 1.46 bits per heavy atom. The van der Waals surface area contributed by atoms with Crippen molar-refractivity contribution in [3.8, 4) is 0 Å². The Kier molecular flexibility index (Phi) is 5.63. The van der Waals surface area contributed by atoms with E-state index < -0.39 is 0 Å². The molecule has 0 aliphatic carbocycles. The molecule has 3 rings (SSSR count). The number of nitrogens with one attached hydrogen (secondary N) is 1. The predicted molar refractivity (Wildman–Crippen MR) is 89.8 cm³/mol. The van der Waals surface area contributed by atoms with Crippen LogP contribution in [0.2, 0.25) is 0 Å². The lowest BCUT2D eigenvalue weighted by Gasteiger charge is -2.43. The lowest BCUT2D eigenvalue weighted by atomic mass is 9.83. The van der Waals surface area contributed by atoms with Gasteiger partial charge in [-0.05, 0) is 31.9 Å². The zero-order chi connectivity index (χ0) is 16.9. The first-order chi connectivity index (χ1) is 11.7. The molecule has 1 amide bonds. The SMILES string of the molecule is COCCNC(=O)[C@@H]1CO[C@@H]2CCN(c3ccc(C)nn3)C[C@@H]2C1. The van der Waals surface area contributed by atoms with Crippen LogP contribution in [0.4, 0.5) is 5.82 Å². The Morgan fingerprint density at radius 2 is 2.33 bits per heavy atom. The van der Waals surface area contributed by atoms with Gasteiger partial charge in [-0.3, -0.25) is 4.79 Å². The molecule has 24 heavy (non-hydrogen) atoms. The summed E-state index contributed by atoms with van der Waals surface area (Å²) in [5, 5.41) is 11.3. The summed E-state index contributed by atoms with van der Waals surface area (Å²) in [5.74, 6) is 1.25. The van der Waals surface area contributed by atoms with E-state index >= 15 is 0 Å². The molecule has 0 aromatic carbocycles. The largest absolute Gasteiger partial charge is 0.383 e. The first-order valence-corrected chi connectivity index (χ1v) is 8.61. The van der Waals surface area contributed by atoms with Gasteiger partial charge >= 0.3 is 0 Å². The van der Waals surface area contributed by atoms with Crippen LogP contribution in [0.25, 0.3) is 0 Å². The number of aryl methyl sites for hydroxylation is 1. The minimum Gasteiger partial charge on any atom is -0.383 e. The van der Waals surface area contributed by atoms with E-state index in [0.717, 1.165) is 37.4 Å². The van der Waals surface area contributed by atoms with E-state index in [1.807, 2.05) is 19.1 Å². The highest BCUT2D eigenvalue weighted by atomic mass is 16.5. The van der Waals surface area contributed by atoms with Crippen LogP contribution in [0.1, 0.15) is 18.5 Å². The van der Waals surface area contributed by atoms with Gasteiger partial charge in [0.05, 0.1) is 30.9 Å². The number of methoxy groups -OCH3 is 1. The Hall–Kier alpha value is -1.73. The molecular weight excluding hydrogens is 308 g/mol. The van der Waals surface area contributed by atoms with Crippen LogP contribution in [0.15, 0.2) is 12.1 Å². The van der Waals surface area contributed by atoms with Crippen molar-refractivity contribution in [2.75, 3.05) is 44.9 Å². The predicted octanol–water partition coefficient (Wildman–Crippen LogP) is 0.779. The Labute approximate surface area is 142 Å². The third kappa shape index (κ3) is 4.02. The molecule has 0 unspecified atom stereocenters. The first kappa shape index (κ1) is 17.1. The average molecular weight is 334 g/mol. The van der Waals surface area contributed by atoms with E-state index in [9.17, 15) is 4.79 Å². The van der Waals surface area contributed by atoms with E-state index in [1.54, 1.807) is 7.11 Å². The van der Waals surface area contributed by atoms with Crippen molar-refractivity contribution in [1.29, 1.82) is 0 Å². The molecule has 0 radical (unpaired) electrons. The number of ether oxygens (including phenoxy) is 2. The second-order valence-corrected chi connectivity index (χ2v) is 6.62. The number of nitrogens with zero attached hydrogens (tertiary/aromatic N) is 3. The highest BCUT2D eigenvalue weighted by Crippen LogP contribution is 2.32. The molecule has 1 aromatic heterocycles. The van der Waals surface area contributed by atoms with Gasteiger partial charge in [0.15, 0.2) is 5.82 Å². The number of rotatable bonds is 5. The maximum absolute atomic E-state index is 12.3. The maximum Gasteiger partial charge on any atom is 0.225 e. The quantitative estimate of drug-likeness (QED) is 0.802. The summed E-state index contributed by atoms with van der Waals surface area (Å²) in [6.07, 6.45) is 2.08. The average Bonchev–Trinajstić information content (AvgIpc) is 2.61. The number of hydrogen-bond donors (Lipinski definition) is 1. The van der Waals surface area contributed by atoms with Gasteiger partial charge in [0.25, 0.3) is 0 Å². The van der Waals surface area contributed by atoms with Gasteiger partial charge in [-0.2, -0.15) is 5.10 Å². The topological polar surface area (TPSA) is 76.6 Å². The van der Waals surface area contributed by atoms with Gasteiger partial charge in [0.2, 0.25) is 5.91 Å². The number of piperidine rings is 1. The normalized spacial score (nSPS) is 26.8. The molecule has 2 saturated heterocycles. The number of fused-ring (bicyclic) bond motifs is 1. The van der Waals surface area contributed by atoms with Gasteiger partial charge in [0, 0.05) is 32.7 Å². The summed E-state index contributed by atoms with van der Waals surface area (Å²) in [5.41, 5.74) is 0.919. The smallest absolute Gasteiger partial charge is 0.225 e. The number of anilines is 1. The molecule has 2 aliphatic rings. The number of amides is 1. The summed E-state index contributed by atoms with van der Waals surface area (Å²) < 4.78 is 10.9. The summed E-state index contributed by atoms with van der Waals surface area (Å²) in [6, 6.07) is 4.00. The van der Waals surface area contributed by atoms with E-state index in [1.165, 1.54) is 0 Å². The Balaban J connectivity index is 1.57. The molecule has 3 atom stereocenters. The summed E-state index contributed by atoms with van der Waals surface area (Å²) in [7, 11) is 1.63. The fourth-order valence-corrected chi connectivity index (χ4v) is 3.50. The molecule has 2 aliphatic heterocycles. The molecule has 0 saturated carbocycles. The monoisotopic (exact) mass is 334 g/mol. The number of carbonyl (C=O) groups excluding carboxylic acids is 1. The standard InChI is InChI=1S/C17H26N4O3/c1-12-3-4-16(20-19-12)21-7-5-15-13(10-21)9-14(11-24-15)17(22)18-6-8-23-2/h3-4,13-15H,5-11H2,1-2H3,(H,18,22)/t13-,14-,15+/m0/s1. The van der Waals surface area contributed by atoms with Crippen LogP contribution in [0, 0.1) is 18.8 Å². The number of carbonyl (C=O) groups is 1. The van der Waals surface area contributed by atoms with E-state index in [-0.39, 0.29) is 17.9 Å². The van der Waals surface area contributed by atoms with Gasteiger partial charge in [0.1, 0.15) is 0 Å². The van der Waals surface area contributed by atoms with Crippen molar-refractivity contribution < 1.29 is 14.3 Å². The molecule has 7 heteroatoms. The van der Waals surface area contributed by atoms with E-state index in [2.05, 4.69) is 20.4 Å². The fourth-order valence-electron chi connectivity index (χ4n) is 3.50. The minimum absolute atomic E-state index is 0.0674. The highest BCUT2D eigenvalue weighted by Gasteiger charge is 2.38. The van der Waals surface area contributed by atoms with Crippen LogP contribution in [0.3, 0.4) is 0 Å². The number of aromatic nitrogens is 2. The van der Waals surface area contributed by atoms with Crippen molar-refractivity contribution in [2.24, 2.45) is 11.8 Å². The molecule has 3 heterocycles. The van der Waals surface area contributed by atoms with E-state index in [0.29, 0.717) is 25.7 Å². The summed E-state index contributed by atoms with van der Waals surface area (Å²) >= 11 is 0. The Morgan fingerprint density at radius 3 is 3.08 bits per heavy atom. The molecular formula is C17H26N4O3. The zero-order valence-electron chi connectivity index (χ0n) is 14.4. The van der Waals surface area contributed by atoms with Gasteiger partial charge in [-0.1, -0.05) is 0 Å². The van der Waals surface area contributed by atoms with Gasteiger partial charge < -0.3 is 19.7 Å². The molecule has 2 fully saturated rings. The zero-order valence-corrected chi connectivity index (χ0v) is 14.4. The minimum atomic E-state index is -0.0767. The molecule has 7 nitrogen and oxygen atoms in total. The molecule has 1 aromatic rings. The van der Waals surface area contributed by atoms with Crippen molar-refractivity contribution >= 4 is 11.7 Å². The Bertz CT molecular complexity index is 551. The number of hydrogen-bond acceptors (Lipinski definition) is 6. The lowest BCUT2D eigenvalue weighted by Crippen LogP contribution is -2.51. The summed E-state index contributed by atoms with van der Waals surface area (Å²) in [6.45, 7) is 5.32. The van der Waals surface area contributed by atoms with Crippen molar-refractivity contribution in [1.82, 2.24) is 15.5 Å². The second-order valence-electron chi connectivity index (χ2n) is 6.62. The highest BCUT2D eigenvalue weighted by molar-refractivity contribution is 5.78. The van der Waals surface area contributed by atoms with Crippen molar-refractivity contribution in [3.05, 3.63) is 17.8 Å². The first-order valence-electron chi connectivity index (χ1n) is 8.61. The van der Waals surface area contributed by atoms with Crippen LogP contribution < -0.4 is 10.2 Å². The fraction of sp³-hybridized carbons (Fsp3) is 0.706. The third-order valence-corrected chi connectivity index (χ3v) is 4.85. The molecule has 1 N–H and O–H groups in total. The van der Waals surface area contributed by atoms with Gasteiger partial charge in [-0.25, -0.2) is 0 Å². The summed E-state index contributed by atoms with van der Waals surface area (Å²) in [4.78, 5) is 14.5. The van der Waals surface area contributed by atoms with Crippen LogP contribution in [-0.4, -0.2) is 62.2 Å². The van der Waals surface area contributed by atoms with Crippen molar-refractivity contribution in [3.63, 3.8) is 0 Å². The lowest BCUT2D eigenvalue weighted by molar-refractivity contribution is -0.135. The van der Waals surface area contributed by atoms with Crippen LogP contribution in [-0.2, 0) is 14.3 Å². The van der Waals surface area contributed by atoms with Gasteiger partial charge in [-0.15, -0.1) is 5.10 Å². The van der Waals surface area contributed by atoms with Crippen LogP contribution >= 0.6 is 0 Å². The third-order valence-electron chi connectivity index (χ3n) is 4.85. The van der Waals surface area contributed by atoms with Crippen LogP contribution in [0.5, 0.6) is 0 Å².